The van der Waals surface area contributed by atoms with Crippen LogP contribution >= 0.6 is 0 Å². The zero-order chi connectivity index (χ0) is 20.1. The highest BCUT2D eigenvalue weighted by atomic mass is 32.2. The van der Waals surface area contributed by atoms with Gasteiger partial charge in [0.15, 0.2) is 0 Å². The number of hydrogen-bond donors (Lipinski definition) is 1. The summed E-state index contributed by atoms with van der Waals surface area (Å²) < 4.78 is 37.5. The maximum atomic E-state index is 12.9. The summed E-state index contributed by atoms with van der Waals surface area (Å²) in [4.78, 5) is 15.3. The molecule has 2 heterocycles. The van der Waals surface area contributed by atoms with Crippen LogP contribution in [0.15, 0.2) is 29.2 Å². The molecule has 2 fully saturated rings. The molecule has 28 heavy (non-hydrogen) atoms. The number of piperidine rings is 1. The molecule has 1 N–H and O–H groups in total. The van der Waals surface area contributed by atoms with E-state index < -0.39 is 10.0 Å². The van der Waals surface area contributed by atoms with Crippen LogP contribution in [0.2, 0.25) is 0 Å². The van der Waals surface area contributed by atoms with Gasteiger partial charge in [0.05, 0.1) is 50.8 Å². The largest absolute Gasteiger partial charge is 0.497 e. The molecule has 0 spiro atoms. The molecule has 9 heteroatoms. The second-order valence-electron chi connectivity index (χ2n) is 7.20. The quantitative estimate of drug-likeness (QED) is 0.748. The van der Waals surface area contributed by atoms with Gasteiger partial charge in [0.1, 0.15) is 5.75 Å². The lowest BCUT2D eigenvalue weighted by molar-refractivity contribution is -0.930. The monoisotopic (exact) mass is 412 g/mol. The number of hydrogen-bond acceptors (Lipinski definition) is 5. The summed E-state index contributed by atoms with van der Waals surface area (Å²) >= 11 is 0. The lowest BCUT2D eigenvalue weighted by Gasteiger charge is -2.39. The Balaban J connectivity index is 1.52. The van der Waals surface area contributed by atoms with Crippen molar-refractivity contribution in [2.75, 3.05) is 53.0 Å². The van der Waals surface area contributed by atoms with Crippen molar-refractivity contribution in [3.8, 4) is 5.75 Å². The van der Waals surface area contributed by atoms with Crippen LogP contribution in [-0.4, -0.2) is 82.7 Å². The third kappa shape index (κ3) is 4.59. The molecule has 0 aromatic heterocycles. The van der Waals surface area contributed by atoms with Crippen molar-refractivity contribution in [2.24, 2.45) is 0 Å². The maximum absolute atomic E-state index is 12.9. The van der Waals surface area contributed by atoms with Gasteiger partial charge in [-0.3, -0.25) is 0 Å². The molecule has 0 radical (unpaired) electrons. The normalized spacial score (nSPS) is 20.1. The molecule has 2 aliphatic rings. The first kappa shape index (κ1) is 20.9. The average molecular weight is 413 g/mol. The van der Waals surface area contributed by atoms with Gasteiger partial charge in [-0.15, -0.1) is 0 Å². The Bertz CT molecular complexity index is 752. The Hall–Kier alpha value is -1.84. The topological polar surface area (TPSA) is 80.6 Å². The Morgan fingerprint density at radius 3 is 2.25 bits per heavy atom. The summed E-state index contributed by atoms with van der Waals surface area (Å²) in [6, 6.07) is 7.01. The number of amides is 1. The predicted octanol–water partition coefficient (Wildman–Crippen LogP) is 0.205. The van der Waals surface area contributed by atoms with Crippen molar-refractivity contribution in [2.45, 2.75) is 30.7 Å². The van der Waals surface area contributed by atoms with E-state index in [0.29, 0.717) is 49.5 Å². The molecule has 2 aliphatic heterocycles. The molecule has 8 nitrogen and oxygen atoms in total. The molecule has 0 saturated carbocycles. The van der Waals surface area contributed by atoms with Crippen LogP contribution in [0.5, 0.6) is 5.75 Å². The molecule has 0 atom stereocenters. The minimum atomic E-state index is -3.47. The van der Waals surface area contributed by atoms with Gasteiger partial charge in [-0.2, -0.15) is 4.31 Å². The first-order valence-electron chi connectivity index (χ1n) is 9.86. The van der Waals surface area contributed by atoms with Crippen molar-refractivity contribution in [1.29, 1.82) is 0 Å². The first-order valence-corrected chi connectivity index (χ1v) is 11.3. The van der Waals surface area contributed by atoms with Gasteiger partial charge in [0, 0.05) is 25.9 Å². The predicted molar refractivity (Wildman–Crippen MR) is 104 cm³/mol. The molecule has 0 unspecified atom stereocenters. The number of piperazine rings is 1. The number of carbonyl (C=O) groups is 1. The van der Waals surface area contributed by atoms with Crippen LogP contribution in [0, 0.1) is 0 Å². The number of sulfonamides is 1. The summed E-state index contributed by atoms with van der Waals surface area (Å²) in [7, 11) is -1.91. The highest BCUT2D eigenvalue weighted by Gasteiger charge is 2.35. The minimum Gasteiger partial charge on any atom is -0.497 e. The Labute approximate surface area is 167 Å². The lowest BCUT2D eigenvalue weighted by Crippen LogP contribution is -3.18. The van der Waals surface area contributed by atoms with E-state index >= 15 is 0 Å². The number of likely N-dealkylation sites (tertiary alicyclic amines) is 1. The Kier molecular flexibility index (Phi) is 6.79. The Morgan fingerprint density at radius 2 is 1.71 bits per heavy atom. The number of nitrogens with one attached hydrogen (secondary N) is 1. The third-order valence-corrected chi connectivity index (χ3v) is 7.57. The van der Waals surface area contributed by atoms with Crippen LogP contribution in [0.4, 0.5) is 4.79 Å². The highest BCUT2D eigenvalue weighted by molar-refractivity contribution is 7.89. The van der Waals surface area contributed by atoms with Gasteiger partial charge in [-0.05, 0) is 31.2 Å². The van der Waals surface area contributed by atoms with E-state index in [-0.39, 0.29) is 6.09 Å². The van der Waals surface area contributed by atoms with E-state index in [2.05, 4.69) is 0 Å². The lowest BCUT2D eigenvalue weighted by atomic mass is 10.0. The van der Waals surface area contributed by atoms with Gasteiger partial charge < -0.3 is 19.3 Å². The number of rotatable bonds is 5. The highest BCUT2D eigenvalue weighted by Crippen LogP contribution is 2.19. The fourth-order valence-electron chi connectivity index (χ4n) is 4.00. The van der Waals surface area contributed by atoms with Crippen molar-refractivity contribution in [3.63, 3.8) is 0 Å². The van der Waals surface area contributed by atoms with E-state index in [1.54, 1.807) is 40.6 Å². The van der Waals surface area contributed by atoms with Gasteiger partial charge in [0.2, 0.25) is 10.0 Å². The number of carbonyl (C=O) groups excluding carboxylic acids is 1. The summed E-state index contributed by atoms with van der Waals surface area (Å²) in [6.45, 7) is 6.24. The molecule has 0 aliphatic carbocycles. The molecule has 2 saturated heterocycles. The zero-order valence-electron chi connectivity index (χ0n) is 16.6. The van der Waals surface area contributed by atoms with Crippen molar-refractivity contribution in [1.82, 2.24) is 9.21 Å². The molecular formula is C19H30N3O5S+. The summed E-state index contributed by atoms with van der Waals surface area (Å²) in [5.74, 6) is 0.641. The van der Waals surface area contributed by atoms with Crippen LogP contribution in [-0.2, 0) is 14.8 Å². The molecule has 1 aromatic carbocycles. The third-order valence-electron chi connectivity index (χ3n) is 5.66. The van der Waals surface area contributed by atoms with Crippen LogP contribution in [0.25, 0.3) is 0 Å². The van der Waals surface area contributed by atoms with E-state index in [9.17, 15) is 13.2 Å². The molecule has 1 amide bonds. The van der Waals surface area contributed by atoms with E-state index in [1.807, 2.05) is 6.92 Å². The zero-order valence-corrected chi connectivity index (χ0v) is 17.4. The molecular weight excluding hydrogens is 382 g/mol. The standard InChI is InChI=1S/C19H29N3O5S/c1-3-27-19(23)21-10-8-16(9-11-21)20-12-14-22(15-13-20)28(24,25)18-6-4-17(26-2)5-7-18/h4-7,16H,3,8-15H2,1-2H3/p+1. The first-order chi connectivity index (χ1) is 13.5. The summed E-state index contributed by atoms with van der Waals surface area (Å²) in [5.41, 5.74) is 0. The molecule has 156 valence electrons. The average Bonchev–Trinajstić information content (AvgIpc) is 2.74. The minimum absolute atomic E-state index is 0.230. The number of benzene rings is 1. The number of ether oxygens (including phenoxy) is 2. The van der Waals surface area contributed by atoms with Gasteiger partial charge >= 0.3 is 6.09 Å². The van der Waals surface area contributed by atoms with Gasteiger partial charge in [-0.25, -0.2) is 13.2 Å². The number of methoxy groups -OCH3 is 1. The fraction of sp³-hybridized carbons (Fsp3) is 0.632. The van der Waals surface area contributed by atoms with Gasteiger partial charge in [0.25, 0.3) is 0 Å². The maximum Gasteiger partial charge on any atom is 0.409 e. The van der Waals surface area contributed by atoms with Crippen LogP contribution in [0.1, 0.15) is 19.8 Å². The van der Waals surface area contributed by atoms with Crippen LogP contribution < -0.4 is 9.64 Å². The molecule has 3 rings (SSSR count). The molecule has 0 bridgehead atoms. The summed E-state index contributed by atoms with van der Waals surface area (Å²) in [6.07, 6.45) is 1.63. The van der Waals surface area contributed by atoms with Crippen molar-refractivity contribution in [3.05, 3.63) is 24.3 Å². The van der Waals surface area contributed by atoms with Crippen molar-refractivity contribution < 1.29 is 27.6 Å². The number of nitrogens with zero attached hydrogens (tertiary/aromatic N) is 2. The Morgan fingerprint density at radius 1 is 1.11 bits per heavy atom. The number of quaternary nitrogens is 1. The SMILES string of the molecule is CCOC(=O)N1CCC([NH+]2CCN(S(=O)(=O)c3ccc(OC)cc3)CC2)CC1. The summed E-state index contributed by atoms with van der Waals surface area (Å²) in [5, 5.41) is 0. The fourth-order valence-corrected chi connectivity index (χ4v) is 5.45. The smallest absolute Gasteiger partial charge is 0.409 e. The van der Waals surface area contributed by atoms with E-state index in [1.165, 1.54) is 4.90 Å². The second-order valence-corrected chi connectivity index (χ2v) is 9.14. The second kappa shape index (κ2) is 9.11. The molecule has 1 aromatic rings. The van der Waals surface area contributed by atoms with E-state index in [0.717, 1.165) is 25.9 Å². The van der Waals surface area contributed by atoms with Crippen molar-refractivity contribution >= 4 is 16.1 Å². The van der Waals surface area contributed by atoms with E-state index in [4.69, 9.17) is 9.47 Å². The van der Waals surface area contributed by atoms with Gasteiger partial charge in [-0.1, -0.05) is 0 Å². The van der Waals surface area contributed by atoms with Crippen LogP contribution in [0.3, 0.4) is 0 Å².